The number of hydrogen-bond acceptors (Lipinski definition) is 5. The molecule has 0 aliphatic heterocycles. The minimum absolute atomic E-state index is 0. The summed E-state index contributed by atoms with van der Waals surface area (Å²) in [6, 6.07) is 4.06. The zero-order valence-electron chi connectivity index (χ0n) is 11.6. The summed E-state index contributed by atoms with van der Waals surface area (Å²) in [5, 5.41) is 10.9. The van der Waals surface area contributed by atoms with Gasteiger partial charge in [0.2, 0.25) is 5.91 Å². The normalized spacial score (nSPS) is 9.57. The highest BCUT2D eigenvalue weighted by atomic mass is 35.5. The summed E-state index contributed by atoms with van der Waals surface area (Å²) < 4.78 is 0. The molecule has 0 spiro atoms. The molecule has 21 heavy (non-hydrogen) atoms. The number of rotatable bonds is 7. The number of aromatic nitrogens is 1. The van der Waals surface area contributed by atoms with Gasteiger partial charge < -0.3 is 10.6 Å². The second-order valence-corrected chi connectivity index (χ2v) is 5.91. The molecule has 0 unspecified atom stereocenters. The molecule has 2 N–H and O–H groups in total. The number of carbonyl (C=O) groups is 1. The molecule has 0 saturated heterocycles. The van der Waals surface area contributed by atoms with Crippen LogP contribution >= 0.6 is 47.5 Å². The fourth-order valence-corrected chi connectivity index (χ4v) is 3.26. The summed E-state index contributed by atoms with van der Waals surface area (Å²) in [4.78, 5) is 17.4. The van der Waals surface area contributed by atoms with Crippen LogP contribution in [0.3, 0.4) is 0 Å². The maximum Gasteiger partial charge on any atom is 0.226 e. The van der Waals surface area contributed by atoms with Crippen molar-refractivity contribution in [2.45, 2.75) is 12.8 Å². The van der Waals surface area contributed by atoms with Gasteiger partial charge >= 0.3 is 0 Å². The maximum absolute atomic E-state index is 11.7. The van der Waals surface area contributed by atoms with E-state index < -0.39 is 0 Å². The molecule has 0 aliphatic carbocycles. The molecule has 2 aromatic rings. The van der Waals surface area contributed by atoms with Crippen LogP contribution in [0.15, 0.2) is 22.9 Å². The SMILES string of the molecule is CNCCCNC(=O)Cc1csc(-c2cccs2)n1.Cl.Cl. The lowest BCUT2D eigenvalue weighted by atomic mass is 10.3. The first-order valence-electron chi connectivity index (χ1n) is 6.19. The minimum atomic E-state index is 0. The molecular formula is C13H19Cl2N3OS2. The number of hydrogen-bond donors (Lipinski definition) is 2. The Labute approximate surface area is 145 Å². The van der Waals surface area contributed by atoms with Crippen LogP contribution in [-0.4, -0.2) is 31.0 Å². The molecule has 0 fully saturated rings. The van der Waals surface area contributed by atoms with Gasteiger partial charge in [0.1, 0.15) is 5.01 Å². The quantitative estimate of drug-likeness (QED) is 0.739. The molecule has 2 heterocycles. The van der Waals surface area contributed by atoms with E-state index in [4.69, 9.17) is 0 Å². The average molecular weight is 368 g/mol. The van der Waals surface area contributed by atoms with Crippen LogP contribution in [0.2, 0.25) is 0 Å². The predicted molar refractivity (Wildman–Crippen MR) is 95.2 cm³/mol. The van der Waals surface area contributed by atoms with E-state index in [1.807, 2.05) is 29.9 Å². The van der Waals surface area contributed by atoms with Crippen molar-refractivity contribution >= 4 is 53.4 Å². The molecule has 0 radical (unpaired) electrons. The van der Waals surface area contributed by atoms with Crippen LogP contribution in [0, 0.1) is 0 Å². The highest BCUT2D eigenvalue weighted by Gasteiger charge is 2.09. The molecule has 8 heteroatoms. The summed E-state index contributed by atoms with van der Waals surface area (Å²) in [5.74, 6) is 0.0409. The van der Waals surface area contributed by atoms with Gasteiger partial charge in [0.05, 0.1) is 17.0 Å². The van der Waals surface area contributed by atoms with Crippen molar-refractivity contribution in [1.29, 1.82) is 0 Å². The van der Waals surface area contributed by atoms with Crippen LogP contribution in [-0.2, 0) is 11.2 Å². The zero-order chi connectivity index (χ0) is 13.5. The second-order valence-electron chi connectivity index (χ2n) is 4.11. The van der Waals surface area contributed by atoms with Crippen molar-refractivity contribution in [1.82, 2.24) is 15.6 Å². The number of thiazole rings is 1. The van der Waals surface area contributed by atoms with Crippen molar-refractivity contribution in [3.05, 3.63) is 28.6 Å². The molecule has 0 aromatic carbocycles. The Kier molecular flexibility index (Phi) is 10.6. The van der Waals surface area contributed by atoms with Gasteiger partial charge in [-0.15, -0.1) is 47.5 Å². The van der Waals surface area contributed by atoms with Crippen LogP contribution in [0.5, 0.6) is 0 Å². The van der Waals surface area contributed by atoms with Crippen LogP contribution in [0.25, 0.3) is 9.88 Å². The monoisotopic (exact) mass is 367 g/mol. The third-order valence-electron chi connectivity index (χ3n) is 2.55. The van der Waals surface area contributed by atoms with E-state index >= 15 is 0 Å². The Balaban J connectivity index is 0.00000200. The van der Waals surface area contributed by atoms with E-state index in [0.717, 1.165) is 28.5 Å². The second kappa shape index (κ2) is 11.0. The van der Waals surface area contributed by atoms with Crippen molar-refractivity contribution in [2.24, 2.45) is 0 Å². The fourth-order valence-electron chi connectivity index (χ4n) is 1.62. The third kappa shape index (κ3) is 6.76. The van der Waals surface area contributed by atoms with E-state index in [2.05, 4.69) is 15.6 Å². The molecule has 1 amide bonds. The van der Waals surface area contributed by atoms with E-state index in [1.54, 1.807) is 22.7 Å². The molecule has 118 valence electrons. The fraction of sp³-hybridized carbons (Fsp3) is 0.385. The Hall–Kier alpha value is -0.660. The Morgan fingerprint density at radius 1 is 1.29 bits per heavy atom. The molecule has 0 saturated carbocycles. The number of thiophene rings is 1. The first kappa shape index (κ1) is 20.3. The highest BCUT2D eigenvalue weighted by molar-refractivity contribution is 7.20. The van der Waals surface area contributed by atoms with E-state index in [0.29, 0.717) is 13.0 Å². The first-order valence-corrected chi connectivity index (χ1v) is 7.95. The largest absolute Gasteiger partial charge is 0.356 e. The van der Waals surface area contributed by atoms with Crippen molar-refractivity contribution in [3.8, 4) is 9.88 Å². The summed E-state index contributed by atoms with van der Waals surface area (Å²) in [6.45, 7) is 1.63. The molecular weight excluding hydrogens is 349 g/mol. The molecule has 2 aromatic heterocycles. The molecule has 2 rings (SSSR count). The zero-order valence-corrected chi connectivity index (χ0v) is 14.9. The van der Waals surface area contributed by atoms with Crippen molar-refractivity contribution in [2.75, 3.05) is 20.1 Å². The van der Waals surface area contributed by atoms with E-state index in [1.165, 1.54) is 0 Å². The smallest absolute Gasteiger partial charge is 0.226 e. The summed E-state index contributed by atoms with van der Waals surface area (Å²) in [6.07, 6.45) is 1.31. The number of carbonyl (C=O) groups excluding carboxylic acids is 1. The van der Waals surface area contributed by atoms with Gasteiger partial charge in [-0.25, -0.2) is 4.98 Å². The highest BCUT2D eigenvalue weighted by Crippen LogP contribution is 2.27. The van der Waals surface area contributed by atoms with Crippen molar-refractivity contribution in [3.63, 3.8) is 0 Å². The van der Waals surface area contributed by atoms with Gasteiger partial charge in [-0.1, -0.05) is 6.07 Å². The Morgan fingerprint density at radius 2 is 2.10 bits per heavy atom. The average Bonchev–Trinajstić information content (AvgIpc) is 3.04. The molecule has 4 nitrogen and oxygen atoms in total. The summed E-state index contributed by atoms with van der Waals surface area (Å²) in [5.41, 5.74) is 0.847. The lowest BCUT2D eigenvalue weighted by molar-refractivity contribution is -0.120. The van der Waals surface area contributed by atoms with E-state index in [-0.39, 0.29) is 30.7 Å². The van der Waals surface area contributed by atoms with Crippen LogP contribution in [0.4, 0.5) is 0 Å². The third-order valence-corrected chi connectivity index (χ3v) is 4.48. The topological polar surface area (TPSA) is 54.0 Å². The summed E-state index contributed by atoms with van der Waals surface area (Å²) >= 11 is 3.26. The van der Waals surface area contributed by atoms with Crippen LogP contribution in [0.1, 0.15) is 12.1 Å². The van der Waals surface area contributed by atoms with E-state index in [9.17, 15) is 4.79 Å². The van der Waals surface area contributed by atoms with Gasteiger partial charge in [0.15, 0.2) is 0 Å². The standard InChI is InChI=1S/C13H17N3OS2.2ClH/c1-14-5-3-6-15-12(17)8-10-9-19-13(16-10)11-4-2-7-18-11;;/h2,4,7,9,14H,3,5-6,8H2,1H3,(H,15,17);2*1H. The Morgan fingerprint density at radius 3 is 2.76 bits per heavy atom. The predicted octanol–water partition coefficient (Wildman–Crippen LogP) is 2.98. The number of amides is 1. The van der Waals surface area contributed by atoms with Gasteiger partial charge in [-0.05, 0) is 31.5 Å². The van der Waals surface area contributed by atoms with Gasteiger partial charge in [0, 0.05) is 11.9 Å². The van der Waals surface area contributed by atoms with Gasteiger partial charge in [-0.3, -0.25) is 4.79 Å². The molecule has 0 bridgehead atoms. The van der Waals surface area contributed by atoms with Crippen molar-refractivity contribution < 1.29 is 4.79 Å². The maximum atomic E-state index is 11.7. The number of nitrogens with one attached hydrogen (secondary N) is 2. The Bertz CT molecular complexity index is 517. The first-order chi connectivity index (χ1) is 9.29. The minimum Gasteiger partial charge on any atom is -0.356 e. The lowest BCUT2D eigenvalue weighted by Gasteiger charge is -2.03. The molecule has 0 aliphatic rings. The summed E-state index contributed by atoms with van der Waals surface area (Å²) in [7, 11) is 1.91. The lowest BCUT2D eigenvalue weighted by Crippen LogP contribution is -2.28. The number of nitrogens with zero attached hydrogens (tertiary/aromatic N) is 1. The van der Waals surface area contributed by atoms with Gasteiger partial charge in [0.25, 0.3) is 0 Å². The van der Waals surface area contributed by atoms with Gasteiger partial charge in [-0.2, -0.15) is 0 Å². The number of halogens is 2. The van der Waals surface area contributed by atoms with Crippen LogP contribution < -0.4 is 10.6 Å². The molecule has 0 atom stereocenters.